The van der Waals surface area contributed by atoms with Crippen LogP contribution in [0.5, 0.6) is 5.75 Å². The third kappa shape index (κ3) is 4.44. The van der Waals surface area contributed by atoms with Crippen molar-refractivity contribution in [2.45, 2.75) is 6.54 Å². The average Bonchev–Trinajstić information content (AvgIpc) is 2.44. The van der Waals surface area contributed by atoms with Gasteiger partial charge in [-0.1, -0.05) is 29.8 Å². The third-order valence-corrected chi connectivity index (χ3v) is 3.39. The summed E-state index contributed by atoms with van der Waals surface area (Å²) < 4.78 is 5.67. The van der Waals surface area contributed by atoms with Gasteiger partial charge in [0.15, 0.2) is 0 Å². The number of ether oxygens (including phenoxy) is 1. The second-order valence-electron chi connectivity index (χ2n) is 4.75. The minimum absolute atomic E-state index is 0.630. The molecule has 0 amide bonds. The van der Waals surface area contributed by atoms with Crippen LogP contribution < -0.4 is 10.5 Å². The molecule has 2 aromatic carbocycles. The SMILES string of the molecule is CN(CCOc1ccc(N)cc1)Cc1ccccc1Cl. The lowest BCUT2D eigenvalue weighted by molar-refractivity contribution is 0.233. The van der Waals surface area contributed by atoms with Crippen molar-refractivity contribution in [1.29, 1.82) is 0 Å². The van der Waals surface area contributed by atoms with Crippen LogP contribution in [0, 0.1) is 0 Å². The van der Waals surface area contributed by atoms with Crippen LogP contribution in [0.2, 0.25) is 5.02 Å². The topological polar surface area (TPSA) is 38.5 Å². The third-order valence-electron chi connectivity index (χ3n) is 3.02. The first-order valence-corrected chi connectivity index (χ1v) is 6.93. The average molecular weight is 291 g/mol. The molecule has 0 saturated heterocycles. The number of likely N-dealkylation sites (N-methyl/N-ethyl adjacent to an activating group) is 1. The van der Waals surface area contributed by atoms with Crippen molar-refractivity contribution in [3.63, 3.8) is 0 Å². The maximum atomic E-state index is 6.14. The van der Waals surface area contributed by atoms with Gasteiger partial charge in [-0.25, -0.2) is 0 Å². The summed E-state index contributed by atoms with van der Waals surface area (Å²) in [6.45, 7) is 2.27. The van der Waals surface area contributed by atoms with E-state index in [4.69, 9.17) is 22.1 Å². The minimum atomic E-state index is 0.630. The van der Waals surface area contributed by atoms with Gasteiger partial charge in [-0.05, 0) is 42.9 Å². The largest absolute Gasteiger partial charge is 0.492 e. The Hall–Kier alpha value is -1.71. The number of nitrogens with zero attached hydrogens (tertiary/aromatic N) is 1. The Morgan fingerprint density at radius 1 is 1.10 bits per heavy atom. The Balaban J connectivity index is 1.76. The summed E-state index contributed by atoms with van der Waals surface area (Å²) in [5.74, 6) is 0.838. The number of anilines is 1. The maximum Gasteiger partial charge on any atom is 0.119 e. The van der Waals surface area contributed by atoms with E-state index in [1.807, 2.05) is 48.5 Å². The van der Waals surface area contributed by atoms with Gasteiger partial charge >= 0.3 is 0 Å². The van der Waals surface area contributed by atoms with Crippen LogP contribution in [0.1, 0.15) is 5.56 Å². The molecule has 0 unspecified atom stereocenters. The van der Waals surface area contributed by atoms with E-state index < -0.39 is 0 Å². The lowest BCUT2D eigenvalue weighted by atomic mass is 10.2. The fourth-order valence-corrected chi connectivity index (χ4v) is 2.08. The van der Waals surface area contributed by atoms with Crippen molar-refractivity contribution >= 4 is 17.3 Å². The maximum absolute atomic E-state index is 6.14. The molecule has 0 aromatic heterocycles. The molecule has 0 atom stereocenters. The molecule has 0 saturated carbocycles. The van der Waals surface area contributed by atoms with E-state index in [0.717, 1.165) is 35.1 Å². The normalized spacial score (nSPS) is 10.8. The molecule has 2 aromatic rings. The van der Waals surface area contributed by atoms with Crippen LogP contribution in [0.25, 0.3) is 0 Å². The number of hydrogen-bond donors (Lipinski definition) is 1. The molecule has 4 heteroatoms. The van der Waals surface area contributed by atoms with Crippen molar-refractivity contribution in [2.24, 2.45) is 0 Å². The Kier molecular flexibility index (Phi) is 5.27. The van der Waals surface area contributed by atoms with Gasteiger partial charge in [0.05, 0.1) is 0 Å². The summed E-state index contributed by atoms with van der Waals surface area (Å²) in [5, 5.41) is 0.804. The first kappa shape index (κ1) is 14.7. The van der Waals surface area contributed by atoms with E-state index in [2.05, 4.69) is 11.9 Å². The smallest absolute Gasteiger partial charge is 0.119 e. The first-order valence-electron chi connectivity index (χ1n) is 6.55. The number of nitrogen functional groups attached to an aromatic ring is 1. The molecule has 2 N–H and O–H groups in total. The number of rotatable bonds is 6. The Bertz CT molecular complexity index is 542. The van der Waals surface area contributed by atoms with Crippen LogP contribution >= 0.6 is 11.6 Å². The molecule has 0 heterocycles. The highest BCUT2D eigenvalue weighted by molar-refractivity contribution is 6.31. The van der Waals surface area contributed by atoms with Gasteiger partial charge < -0.3 is 10.5 Å². The zero-order valence-electron chi connectivity index (χ0n) is 11.6. The summed E-state index contributed by atoms with van der Waals surface area (Å²) in [6.07, 6.45) is 0. The predicted molar refractivity (Wildman–Crippen MR) is 84.1 cm³/mol. The molecule has 0 spiro atoms. The molecular formula is C16H19ClN2O. The van der Waals surface area contributed by atoms with Crippen LogP contribution in [-0.2, 0) is 6.54 Å². The second-order valence-corrected chi connectivity index (χ2v) is 5.15. The Labute approximate surface area is 124 Å². The van der Waals surface area contributed by atoms with E-state index in [1.165, 1.54) is 0 Å². The van der Waals surface area contributed by atoms with E-state index in [0.29, 0.717) is 6.61 Å². The summed E-state index contributed by atoms with van der Waals surface area (Å²) in [6, 6.07) is 15.3. The van der Waals surface area contributed by atoms with E-state index in [1.54, 1.807) is 0 Å². The molecule has 106 valence electrons. The molecule has 0 bridgehead atoms. The lowest BCUT2D eigenvalue weighted by Gasteiger charge is -2.17. The number of halogens is 1. The first-order chi connectivity index (χ1) is 9.65. The van der Waals surface area contributed by atoms with Crippen molar-refractivity contribution in [3.05, 3.63) is 59.1 Å². The molecule has 0 aliphatic heterocycles. The highest BCUT2D eigenvalue weighted by Crippen LogP contribution is 2.16. The van der Waals surface area contributed by atoms with Crippen LogP contribution in [0.4, 0.5) is 5.69 Å². The van der Waals surface area contributed by atoms with Gasteiger partial charge in [-0.15, -0.1) is 0 Å². The van der Waals surface area contributed by atoms with E-state index in [9.17, 15) is 0 Å². The van der Waals surface area contributed by atoms with Gasteiger partial charge in [-0.3, -0.25) is 4.90 Å². The van der Waals surface area contributed by atoms with Gasteiger partial charge in [0, 0.05) is 23.8 Å². The van der Waals surface area contributed by atoms with Crippen molar-refractivity contribution in [1.82, 2.24) is 4.90 Å². The Morgan fingerprint density at radius 2 is 1.80 bits per heavy atom. The monoisotopic (exact) mass is 290 g/mol. The molecule has 0 fully saturated rings. The van der Waals surface area contributed by atoms with Crippen LogP contribution in [-0.4, -0.2) is 25.1 Å². The zero-order valence-corrected chi connectivity index (χ0v) is 12.3. The van der Waals surface area contributed by atoms with Crippen molar-refractivity contribution in [2.75, 3.05) is 25.9 Å². The van der Waals surface area contributed by atoms with Gasteiger partial charge in [0.25, 0.3) is 0 Å². The van der Waals surface area contributed by atoms with Gasteiger partial charge in [0.1, 0.15) is 12.4 Å². The zero-order chi connectivity index (χ0) is 14.4. The summed E-state index contributed by atoms with van der Waals surface area (Å²) in [4.78, 5) is 2.18. The summed E-state index contributed by atoms with van der Waals surface area (Å²) in [5.41, 5.74) is 7.50. The number of benzene rings is 2. The highest BCUT2D eigenvalue weighted by atomic mass is 35.5. The molecular weight excluding hydrogens is 272 g/mol. The van der Waals surface area contributed by atoms with Crippen molar-refractivity contribution < 1.29 is 4.74 Å². The minimum Gasteiger partial charge on any atom is -0.492 e. The van der Waals surface area contributed by atoms with E-state index in [-0.39, 0.29) is 0 Å². The molecule has 0 aliphatic rings. The summed E-state index contributed by atoms with van der Waals surface area (Å²) in [7, 11) is 2.05. The predicted octanol–water partition coefficient (Wildman–Crippen LogP) is 3.43. The number of hydrogen-bond acceptors (Lipinski definition) is 3. The molecule has 0 radical (unpaired) electrons. The van der Waals surface area contributed by atoms with Gasteiger partial charge in [-0.2, -0.15) is 0 Å². The fourth-order valence-electron chi connectivity index (χ4n) is 1.88. The molecule has 0 aliphatic carbocycles. The van der Waals surface area contributed by atoms with Crippen LogP contribution in [0.15, 0.2) is 48.5 Å². The fraction of sp³-hybridized carbons (Fsp3) is 0.250. The summed E-state index contributed by atoms with van der Waals surface area (Å²) >= 11 is 6.14. The number of nitrogens with two attached hydrogens (primary N) is 1. The van der Waals surface area contributed by atoms with Crippen LogP contribution in [0.3, 0.4) is 0 Å². The lowest BCUT2D eigenvalue weighted by Crippen LogP contribution is -2.24. The second kappa shape index (κ2) is 7.17. The van der Waals surface area contributed by atoms with E-state index >= 15 is 0 Å². The van der Waals surface area contributed by atoms with Crippen molar-refractivity contribution in [3.8, 4) is 5.75 Å². The Morgan fingerprint density at radius 3 is 2.50 bits per heavy atom. The highest BCUT2D eigenvalue weighted by Gasteiger charge is 2.04. The quantitative estimate of drug-likeness (QED) is 0.828. The standard InChI is InChI=1S/C16H19ClN2O/c1-19(12-13-4-2-3-5-16(13)17)10-11-20-15-8-6-14(18)7-9-15/h2-9H,10-12,18H2,1H3. The molecule has 2 rings (SSSR count). The molecule has 20 heavy (non-hydrogen) atoms. The van der Waals surface area contributed by atoms with Gasteiger partial charge in [0.2, 0.25) is 0 Å². The molecule has 3 nitrogen and oxygen atoms in total.